The van der Waals surface area contributed by atoms with Crippen molar-refractivity contribution < 1.29 is 8.42 Å². The van der Waals surface area contributed by atoms with E-state index in [0.717, 1.165) is 11.8 Å². The maximum absolute atomic E-state index is 11.3. The van der Waals surface area contributed by atoms with E-state index in [4.69, 9.17) is 11.6 Å². The largest absolute Gasteiger partial charge is 0.227 e. The predicted molar refractivity (Wildman–Crippen MR) is 59.0 cm³/mol. The molecule has 5 heteroatoms. The van der Waals surface area contributed by atoms with E-state index in [2.05, 4.69) is 15.9 Å². The second-order valence-electron chi connectivity index (χ2n) is 3.12. The lowest BCUT2D eigenvalue weighted by atomic mass is 10.1. The third-order valence-electron chi connectivity index (χ3n) is 1.92. The fourth-order valence-corrected chi connectivity index (χ4v) is 2.29. The topological polar surface area (TPSA) is 34.1 Å². The van der Waals surface area contributed by atoms with Crippen molar-refractivity contribution >= 4 is 37.4 Å². The Morgan fingerprint density at radius 2 is 2.15 bits per heavy atom. The van der Waals surface area contributed by atoms with E-state index in [0.29, 0.717) is 0 Å². The van der Waals surface area contributed by atoms with E-state index >= 15 is 0 Å². The maximum atomic E-state index is 11.3. The Morgan fingerprint density at radius 3 is 2.54 bits per heavy atom. The molecule has 0 amide bonds. The zero-order chi connectivity index (χ0) is 10.3. The molecule has 74 valence electrons. The third kappa shape index (κ3) is 2.17. The van der Waals surface area contributed by atoms with Crippen LogP contribution in [0.5, 0.6) is 0 Å². The van der Waals surface area contributed by atoms with Crippen LogP contribution in [0.2, 0.25) is 0 Å². The van der Waals surface area contributed by atoms with E-state index in [-0.39, 0.29) is 4.83 Å². The van der Waals surface area contributed by atoms with Crippen LogP contribution in [0.25, 0.3) is 0 Å². The second-order valence-corrected chi connectivity index (χ2v) is 7.18. The summed E-state index contributed by atoms with van der Waals surface area (Å²) < 4.78 is 21.3. The summed E-state index contributed by atoms with van der Waals surface area (Å²) in [5.41, 5.74) is 0.905. The van der Waals surface area contributed by atoms with Crippen LogP contribution < -0.4 is 0 Å². The van der Waals surface area contributed by atoms with Crippen LogP contribution in [0, 0.1) is 0 Å². The van der Waals surface area contributed by atoms with Gasteiger partial charge in [-0.1, -0.05) is 39.2 Å². The number of rotatable bonds is 1. The maximum Gasteiger partial charge on any atom is 0.181 e. The van der Waals surface area contributed by atoms with E-state index in [9.17, 15) is 8.42 Å². The molecule has 0 aromatic carbocycles. The minimum atomic E-state index is -3.30. The van der Waals surface area contributed by atoms with Crippen LogP contribution >= 0.6 is 27.5 Å². The van der Waals surface area contributed by atoms with E-state index in [1.165, 1.54) is 6.08 Å². The molecule has 2 atom stereocenters. The highest BCUT2D eigenvalue weighted by Crippen LogP contribution is 2.33. The van der Waals surface area contributed by atoms with Crippen molar-refractivity contribution in [3.63, 3.8) is 0 Å². The van der Waals surface area contributed by atoms with Gasteiger partial charge in [0.2, 0.25) is 0 Å². The summed E-state index contributed by atoms with van der Waals surface area (Å²) in [6, 6.07) is 0. The quantitative estimate of drug-likeness (QED) is 0.547. The Kier molecular flexibility index (Phi) is 2.95. The number of allylic oxidation sites excluding steroid dienone is 2. The molecule has 0 N–H and O–H groups in total. The lowest BCUT2D eigenvalue weighted by Crippen LogP contribution is -2.30. The molecule has 0 spiro atoms. The number of hydrogen-bond acceptors (Lipinski definition) is 2. The molecule has 1 rings (SSSR count). The van der Waals surface area contributed by atoms with Crippen molar-refractivity contribution in [3.05, 3.63) is 23.8 Å². The number of alkyl halides is 2. The SMILES string of the molecule is CC1=CC(Cl)(S(C)(=O)=O)C=CC1Br. The Balaban J connectivity index is 3.18. The number of sulfone groups is 1. The number of hydrogen-bond donors (Lipinski definition) is 0. The van der Waals surface area contributed by atoms with Gasteiger partial charge in [0.25, 0.3) is 0 Å². The van der Waals surface area contributed by atoms with Gasteiger partial charge in [-0.3, -0.25) is 0 Å². The molecule has 1 aliphatic carbocycles. The molecular formula is C8H10BrClO2S. The minimum absolute atomic E-state index is 0.0844. The van der Waals surface area contributed by atoms with E-state index in [1.807, 2.05) is 6.92 Å². The fourth-order valence-electron chi connectivity index (χ4n) is 1.04. The zero-order valence-electron chi connectivity index (χ0n) is 7.29. The van der Waals surface area contributed by atoms with Gasteiger partial charge in [0.1, 0.15) is 0 Å². The third-order valence-corrected chi connectivity index (χ3v) is 5.41. The predicted octanol–water partition coefficient (Wildman–Crippen LogP) is 2.25. The first-order valence-corrected chi connectivity index (χ1v) is 6.86. The molecule has 0 saturated heterocycles. The molecule has 0 bridgehead atoms. The summed E-state index contributed by atoms with van der Waals surface area (Å²) in [7, 11) is -3.30. The highest BCUT2D eigenvalue weighted by atomic mass is 79.9. The number of halogens is 2. The first-order chi connectivity index (χ1) is 5.76. The lowest BCUT2D eigenvalue weighted by molar-refractivity contribution is 0.596. The molecule has 0 heterocycles. The molecule has 0 aromatic rings. The lowest BCUT2D eigenvalue weighted by Gasteiger charge is -2.23. The minimum Gasteiger partial charge on any atom is -0.227 e. The van der Waals surface area contributed by atoms with Crippen molar-refractivity contribution in [1.82, 2.24) is 0 Å². The summed E-state index contributed by atoms with van der Waals surface area (Å²) >= 11 is 9.30. The molecule has 1 aliphatic rings. The van der Waals surface area contributed by atoms with Gasteiger partial charge in [0.05, 0.1) is 4.83 Å². The summed E-state index contributed by atoms with van der Waals surface area (Å²) in [5, 5.41) is 0. The summed E-state index contributed by atoms with van der Waals surface area (Å²) in [6.07, 6.45) is 5.92. The Hall–Kier alpha value is 0.200. The fraction of sp³-hybridized carbons (Fsp3) is 0.500. The van der Waals surface area contributed by atoms with Gasteiger partial charge in [-0.05, 0) is 19.1 Å². The van der Waals surface area contributed by atoms with Crippen molar-refractivity contribution in [2.45, 2.75) is 16.0 Å². The summed E-state index contributed by atoms with van der Waals surface area (Å²) in [4.78, 5) is 0.0844. The van der Waals surface area contributed by atoms with Gasteiger partial charge < -0.3 is 0 Å². The molecule has 2 nitrogen and oxygen atoms in total. The van der Waals surface area contributed by atoms with Gasteiger partial charge in [0, 0.05) is 6.26 Å². The zero-order valence-corrected chi connectivity index (χ0v) is 10.4. The van der Waals surface area contributed by atoms with Crippen molar-refractivity contribution in [2.75, 3.05) is 6.26 Å². The van der Waals surface area contributed by atoms with Crippen LogP contribution in [0.1, 0.15) is 6.92 Å². The van der Waals surface area contributed by atoms with Gasteiger partial charge in [-0.25, -0.2) is 8.42 Å². The average molecular weight is 286 g/mol. The molecular weight excluding hydrogens is 276 g/mol. The molecule has 0 aromatic heterocycles. The van der Waals surface area contributed by atoms with Crippen LogP contribution in [0.4, 0.5) is 0 Å². The summed E-state index contributed by atoms with van der Waals surface area (Å²) in [5.74, 6) is 0. The second kappa shape index (κ2) is 3.41. The van der Waals surface area contributed by atoms with Gasteiger partial charge in [-0.15, -0.1) is 0 Å². The van der Waals surface area contributed by atoms with Gasteiger partial charge in [0.15, 0.2) is 14.0 Å². The van der Waals surface area contributed by atoms with Crippen molar-refractivity contribution in [3.8, 4) is 0 Å². The molecule has 0 aliphatic heterocycles. The standard InChI is InChI=1S/C8H10BrClO2S/c1-6-5-8(10,13(2,11)12)4-3-7(6)9/h3-5,7H,1-2H3. The molecule has 2 unspecified atom stereocenters. The van der Waals surface area contributed by atoms with Crippen LogP contribution in [0.15, 0.2) is 23.8 Å². The normalized spacial score (nSPS) is 34.5. The first kappa shape index (κ1) is 11.3. The van der Waals surface area contributed by atoms with E-state index < -0.39 is 14.0 Å². The molecule has 0 saturated carbocycles. The van der Waals surface area contributed by atoms with Gasteiger partial charge in [-0.2, -0.15) is 0 Å². The monoisotopic (exact) mass is 284 g/mol. The Labute approximate surface area is 91.7 Å². The van der Waals surface area contributed by atoms with E-state index in [1.54, 1.807) is 12.2 Å². The van der Waals surface area contributed by atoms with Crippen LogP contribution in [-0.2, 0) is 9.84 Å². The average Bonchev–Trinajstić information content (AvgIpc) is 1.95. The Bertz CT molecular complexity index is 372. The molecule has 13 heavy (non-hydrogen) atoms. The molecule has 0 fully saturated rings. The van der Waals surface area contributed by atoms with Crippen molar-refractivity contribution in [2.24, 2.45) is 0 Å². The molecule has 0 radical (unpaired) electrons. The highest BCUT2D eigenvalue weighted by Gasteiger charge is 2.36. The van der Waals surface area contributed by atoms with Crippen LogP contribution in [0.3, 0.4) is 0 Å². The first-order valence-electron chi connectivity index (χ1n) is 3.67. The van der Waals surface area contributed by atoms with Crippen LogP contribution in [-0.4, -0.2) is 23.7 Å². The smallest absolute Gasteiger partial charge is 0.181 e. The summed E-state index contributed by atoms with van der Waals surface area (Å²) in [6.45, 7) is 1.84. The van der Waals surface area contributed by atoms with Gasteiger partial charge >= 0.3 is 0 Å². The van der Waals surface area contributed by atoms with Crippen molar-refractivity contribution in [1.29, 1.82) is 0 Å². The highest BCUT2D eigenvalue weighted by molar-refractivity contribution is 9.09. The Morgan fingerprint density at radius 1 is 1.62 bits per heavy atom.